The van der Waals surface area contributed by atoms with Crippen molar-refractivity contribution in [2.24, 2.45) is 0 Å². The van der Waals surface area contributed by atoms with Crippen molar-refractivity contribution in [3.63, 3.8) is 0 Å². The van der Waals surface area contributed by atoms with Gasteiger partial charge in [0.05, 0.1) is 28.0 Å². The van der Waals surface area contributed by atoms with Gasteiger partial charge >= 0.3 is 5.97 Å². The van der Waals surface area contributed by atoms with Gasteiger partial charge in [-0.25, -0.2) is 9.78 Å². The largest absolute Gasteiger partial charge is 0.478 e. The van der Waals surface area contributed by atoms with E-state index in [0.29, 0.717) is 17.0 Å². The van der Waals surface area contributed by atoms with Crippen LogP contribution in [0.5, 0.6) is 0 Å². The Kier molecular flexibility index (Phi) is 4.43. The molecule has 5 rings (SSSR count). The second-order valence-corrected chi connectivity index (χ2v) is 8.54. The van der Waals surface area contributed by atoms with Gasteiger partial charge in [-0.2, -0.15) is 0 Å². The van der Waals surface area contributed by atoms with E-state index < -0.39 is 5.97 Å². The van der Waals surface area contributed by atoms with E-state index in [4.69, 9.17) is 0 Å². The first-order chi connectivity index (χ1) is 14.9. The summed E-state index contributed by atoms with van der Waals surface area (Å²) >= 11 is 0. The molecule has 31 heavy (non-hydrogen) atoms. The van der Waals surface area contributed by atoms with E-state index >= 15 is 0 Å². The van der Waals surface area contributed by atoms with Crippen LogP contribution in [0.15, 0.2) is 66.7 Å². The number of aromatic carboxylic acids is 1. The highest BCUT2D eigenvalue weighted by Gasteiger charge is 2.32. The number of fused-ring (bicyclic) bond motifs is 2. The number of hydrogen-bond donors (Lipinski definition) is 3. The number of para-hydroxylation sites is 4. The number of rotatable bonds is 4. The molecule has 2 heterocycles. The first-order valence-corrected chi connectivity index (χ1v) is 10.4. The Balaban J connectivity index is 1.55. The second kappa shape index (κ2) is 7.16. The lowest BCUT2D eigenvalue weighted by molar-refractivity contribution is 0.0699. The number of benzene rings is 3. The maximum absolute atomic E-state index is 11.5. The zero-order valence-corrected chi connectivity index (χ0v) is 17.5. The number of nitrogens with one attached hydrogen (secondary N) is 2. The molecule has 0 atom stereocenters. The van der Waals surface area contributed by atoms with Gasteiger partial charge in [-0.15, -0.1) is 0 Å². The quantitative estimate of drug-likeness (QED) is 0.393. The smallest absolute Gasteiger partial charge is 0.337 e. The first kappa shape index (κ1) is 19.2. The van der Waals surface area contributed by atoms with Gasteiger partial charge in [0.2, 0.25) is 5.95 Å². The Morgan fingerprint density at radius 1 is 1.03 bits per heavy atom. The van der Waals surface area contributed by atoms with Crippen molar-refractivity contribution in [1.29, 1.82) is 0 Å². The Morgan fingerprint density at radius 3 is 2.58 bits per heavy atom. The molecule has 4 aromatic rings. The number of imidazole rings is 1. The van der Waals surface area contributed by atoms with Gasteiger partial charge in [-0.1, -0.05) is 50.2 Å². The molecule has 1 aromatic heterocycles. The summed E-state index contributed by atoms with van der Waals surface area (Å²) < 4.78 is 0. The average Bonchev–Trinajstić information content (AvgIpc) is 3.17. The van der Waals surface area contributed by atoms with Crippen LogP contribution in [0.25, 0.3) is 11.0 Å². The fourth-order valence-corrected chi connectivity index (χ4v) is 4.39. The van der Waals surface area contributed by atoms with E-state index in [2.05, 4.69) is 64.4 Å². The molecule has 0 saturated heterocycles. The minimum absolute atomic E-state index is 0.126. The number of H-pyrrole nitrogens is 1. The van der Waals surface area contributed by atoms with Gasteiger partial charge in [0, 0.05) is 12.2 Å². The number of carbonyl (C=O) groups is 1. The van der Waals surface area contributed by atoms with E-state index in [1.165, 1.54) is 11.3 Å². The third kappa shape index (κ3) is 3.30. The van der Waals surface area contributed by atoms with E-state index in [1.54, 1.807) is 18.2 Å². The molecule has 3 N–H and O–H groups in total. The molecule has 156 valence electrons. The number of hydrogen-bond acceptors (Lipinski definition) is 4. The monoisotopic (exact) mass is 412 g/mol. The standard InChI is InChI=1S/C25H24N4O2/c1-25(2)14-15-29(20-12-5-3-9-17(20)25)21-13-6-4-10-18(21)26-24-27-19-11-7-8-16(23(30)31)22(19)28-24/h3-13H,14-15H2,1-2H3,(H,30,31)(H2,26,27,28). The van der Waals surface area contributed by atoms with Crippen LogP contribution < -0.4 is 10.2 Å². The van der Waals surface area contributed by atoms with Crippen molar-refractivity contribution in [2.45, 2.75) is 25.7 Å². The fourth-order valence-electron chi connectivity index (χ4n) is 4.39. The topological polar surface area (TPSA) is 81.2 Å². The van der Waals surface area contributed by atoms with Crippen LogP contribution in [0.3, 0.4) is 0 Å². The highest BCUT2D eigenvalue weighted by Crippen LogP contribution is 2.44. The normalized spacial score (nSPS) is 15.0. The number of nitrogens with zero attached hydrogens (tertiary/aromatic N) is 2. The molecule has 0 saturated carbocycles. The molecule has 0 radical (unpaired) electrons. The maximum Gasteiger partial charge on any atom is 0.337 e. The molecule has 3 aromatic carbocycles. The molecule has 0 bridgehead atoms. The molecular weight excluding hydrogens is 388 g/mol. The molecule has 6 heteroatoms. The van der Waals surface area contributed by atoms with Crippen molar-refractivity contribution in [1.82, 2.24) is 9.97 Å². The lowest BCUT2D eigenvalue weighted by atomic mass is 9.77. The van der Waals surface area contributed by atoms with Crippen LogP contribution in [-0.4, -0.2) is 27.6 Å². The number of anilines is 4. The first-order valence-electron chi connectivity index (χ1n) is 10.4. The van der Waals surface area contributed by atoms with E-state index in [9.17, 15) is 9.90 Å². The summed E-state index contributed by atoms with van der Waals surface area (Å²) in [7, 11) is 0. The lowest BCUT2D eigenvalue weighted by Crippen LogP contribution is -2.34. The summed E-state index contributed by atoms with van der Waals surface area (Å²) in [6.45, 7) is 5.50. The molecule has 0 amide bonds. The predicted molar refractivity (Wildman–Crippen MR) is 124 cm³/mol. The van der Waals surface area contributed by atoms with Gasteiger partial charge in [0.15, 0.2) is 0 Å². The van der Waals surface area contributed by atoms with Crippen LogP contribution in [0.4, 0.5) is 23.0 Å². The third-order valence-corrected chi connectivity index (χ3v) is 6.08. The molecule has 6 nitrogen and oxygen atoms in total. The summed E-state index contributed by atoms with van der Waals surface area (Å²) in [5.74, 6) is -0.462. The number of carboxylic acid groups (broad SMARTS) is 1. The second-order valence-electron chi connectivity index (χ2n) is 8.54. The zero-order chi connectivity index (χ0) is 21.6. The van der Waals surface area contributed by atoms with Gasteiger partial charge < -0.3 is 20.3 Å². The SMILES string of the molecule is CC1(C)CCN(c2ccccc2Nc2nc3cccc(C(=O)O)c3[nH]2)c2ccccc21. The summed E-state index contributed by atoms with van der Waals surface area (Å²) in [5, 5.41) is 12.8. The Morgan fingerprint density at radius 2 is 1.77 bits per heavy atom. The van der Waals surface area contributed by atoms with Crippen LogP contribution in [-0.2, 0) is 5.41 Å². The van der Waals surface area contributed by atoms with Crippen molar-refractivity contribution in [3.8, 4) is 0 Å². The van der Waals surface area contributed by atoms with Crippen molar-refractivity contribution >= 4 is 40.0 Å². The summed E-state index contributed by atoms with van der Waals surface area (Å²) in [5.41, 5.74) is 5.99. The molecule has 1 aliphatic rings. The zero-order valence-electron chi connectivity index (χ0n) is 17.5. The fraction of sp³-hybridized carbons (Fsp3) is 0.200. The Hall–Kier alpha value is -3.80. The lowest BCUT2D eigenvalue weighted by Gasteiger charge is -2.40. The van der Waals surface area contributed by atoms with Gasteiger partial charge in [0.25, 0.3) is 0 Å². The highest BCUT2D eigenvalue weighted by atomic mass is 16.4. The van der Waals surface area contributed by atoms with Crippen LogP contribution in [0.1, 0.15) is 36.2 Å². The third-order valence-electron chi connectivity index (χ3n) is 6.08. The van der Waals surface area contributed by atoms with Gasteiger partial charge in [0.1, 0.15) is 0 Å². The summed E-state index contributed by atoms with van der Waals surface area (Å²) in [4.78, 5) is 21.6. The van der Waals surface area contributed by atoms with Gasteiger partial charge in [-0.05, 0) is 47.7 Å². The van der Waals surface area contributed by atoms with Crippen molar-refractivity contribution in [3.05, 3.63) is 77.9 Å². The minimum atomic E-state index is -0.978. The molecule has 0 unspecified atom stereocenters. The van der Waals surface area contributed by atoms with E-state index in [0.717, 1.165) is 24.3 Å². The summed E-state index contributed by atoms with van der Waals surface area (Å²) in [6, 6.07) is 21.8. The van der Waals surface area contributed by atoms with Gasteiger partial charge in [-0.3, -0.25) is 0 Å². The van der Waals surface area contributed by atoms with Crippen LogP contribution in [0.2, 0.25) is 0 Å². The predicted octanol–water partition coefficient (Wildman–Crippen LogP) is 5.82. The Labute approximate surface area is 180 Å². The maximum atomic E-state index is 11.5. The number of aromatic amines is 1. The molecular formula is C25H24N4O2. The summed E-state index contributed by atoms with van der Waals surface area (Å²) in [6.07, 6.45) is 1.05. The number of aromatic nitrogens is 2. The number of carboxylic acids is 1. The van der Waals surface area contributed by atoms with Crippen molar-refractivity contribution in [2.75, 3.05) is 16.8 Å². The molecule has 1 aliphatic heterocycles. The minimum Gasteiger partial charge on any atom is -0.478 e. The molecule has 0 aliphatic carbocycles. The Bertz CT molecular complexity index is 1290. The molecule has 0 spiro atoms. The highest BCUT2D eigenvalue weighted by molar-refractivity contribution is 6.01. The van der Waals surface area contributed by atoms with Crippen LogP contribution >= 0.6 is 0 Å². The average molecular weight is 412 g/mol. The molecule has 0 fully saturated rings. The van der Waals surface area contributed by atoms with E-state index in [-0.39, 0.29) is 11.0 Å². The van der Waals surface area contributed by atoms with Crippen LogP contribution in [0, 0.1) is 0 Å². The van der Waals surface area contributed by atoms with Crippen molar-refractivity contribution < 1.29 is 9.90 Å². The van der Waals surface area contributed by atoms with E-state index in [1.807, 2.05) is 18.2 Å².